The second kappa shape index (κ2) is 8.05. The number of rotatable bonds is 7. The number of methoxy groups -OCH3 is 2. The maximum absolute atomic E-state index is 13.0. The van der Waals surface area contributed by atoms with Crippen molar-refractivity contribution in [2.45, 2.75) is 22.7 Å². The Labute approximate surface area is 181 Å². The third-order valence-corrected chi connectivity index (χ3v) is 10.1. The molecule has 4 heterocycles. The predicted octanol–water partition coefficient (Wildman–Crippen LogP) is 3.91. The lowest BCUT2D eigenvalue weighted by atomic mass is 10.3. The second-order valence-corrected chi connectivity index (χ2v) is 12.1. The van der Waals surface area contributed by atoms with Crippen LogP contribution >= 0.6 is 34.4 Å². The quantitative estimate of drug-likeness (QED) is 0.528. The average molecular weight is 472 g/mol. The minimum atomic E-state index is -3.60. The molecule has 0 radical (unpaired) electrons. The van der Waals surface area contributed by atoms with E-state index >= 15 is 0 Å². The number of thiophene rings is 2. The van der Waals surface area contributed by atoms with Crippen LogP contribution in [0.25, 0.3) is 10.2 Å². The van der Waals surface area contributed by atoms with Gasteiger partial charge >= 0.3 is 0 Å². The Balaban J connectivity index is 1.67. The lowest BCUT2D eigenvalue weighted by Crippen LogP contribution is -2.28. The molecule has 0 saturated carbocycles. The Hall–Kier alpha value is -1.37. The molecule has 3 aromatic rings. The minimum absolute atomic E-state index is 0.0874. The van der Waals surface area contributed by atoms with Gasteiger partial charge in [-0.05, 0) is 24.4 Å². The molecule has 0 aliphatic carbocycles. The molecule has 0 amide bonds. The third-order valence-electron chi connectivity index (χ3n) is 4.72. The van der Waals surface area contributed by atoms with Gasteiger partial charge < -0.3 is 14.5 Å². The smallest absolute Gasteiger partial charge is 0.273 e. The van der Waals surface area contributed by atoms with Gasteiger partial charge in [0.25, 0.3) is 10.0 Å². The lowest BCUT2D eigenvalue weighted by Gasteiger charge is -2.19. The molecule has 1 N–H and O–H groups in total. The van der Waals surface area contributed by atoms with Gasteiger partial charge in [-0.1, -0.05) is 17.8 Å². The van der Waals surface area contributed by atoms with Gasteiger partial charge in [0.2, 0.25) is 0 Å². The number of anilines is 1. The molecule has 7 nitrogen and oxygen atoms in total. The van der Waals surface area contributed by atoms with Gasteiger partial charge in [-0.2, -0.15) is 0 Å². The molecule has 0 spiro atoms. The molecule has 1 aliphatic rings. The van der Waals surface area contributed by atoms with Gasteiger partial charge in [-0.25, -0.2) is 8.42 Å². The Bertz CT molecular complexity index is 1140. The number of aromatic nitrogens is 1. The number of fused-ring (bicyclic) bond motifs is 1. The van der Waals surface area contributed by atoms with E-state index in [4.69, 9.17) is 9.47 Å². The summed E-state index contributed by atoms with van der Waals surface area (Å²) in [7, 11) is 1.24. The molecule has 1 aliphatic heterocycles. The van der Waals surface area contributed by atoms with E-state index in [0.29, 0.717) is 16.4 Å². The predicted molar refractivity (Wildman–Crippen MR) is 121 cm³/mol. The molecule has 3 aromatic heterocycles. The summed E-state index contributed by atoms with van der Waals surface area (Å²) in [5, 5.41) is 2.73. The maximum atomic E-state index is 13.0. The molecule has 29 heavy (non-hydrogen) atoms. The average Bonchev–Trinajstić information content (AvgIpc) is 3.46. The zero-order valence-electron chi connectivity index (χ0n) is 16.3. The summed E-state index contributed by atoms with van der Waals surface area (Å²) in [5.41, 5.74) is 2.37. The van der Waals surface area contributed by atoms with Crippen LogP contribution in [0.2, 0.25) is 0 Å². The van der Waals surface area contributed by atoms with Crippen molar-refractivity contribution in [3.63, 3.8) is 0 Å². The first-order chi connectivity index (χ1) is 13.9. The highest BCUT2D eigenvalue weighted by molar-refractivity contribution is 8.15. The van der Waals surface area contributed by atoms with E-state index in [-0.39, 0.29) is 11.5 Å². The highest BCUT2D eigenvalue weighted by Gasteiger charge is 2.31. The van der Waals surface area contributed by atoms with E-state index in [0.717, 1.165) is 25.8 Å². The van der Waals surface area contributed by atoms with Crippen LogP contribution in [0.3, 0.4) is 0 Å². The van der Waals surface area contributed by atoms with Crippen molar-refractivity contribution >= 4 is 65.4 Å². The number of hydrogen-bond donors (Lipinski definition) is 1. The molecule has 0 saturated heterocycles. The number of thioether (sulfide) groups is 1. The first kappa shape index (κ1) is 20.9. The highest BCUT2D eigenvalue weighted by atomic mass is 32.2. The summed E-state index contributed by atoms with van der Waals surface area (Å²) in [4.78, 5) is 8.97. The number of hydrogen-bond acceptors (Lipinski definition) is 8. The maximum Gasteiger partial charge on any atom is 0.273 e. The molecule has 11 heteroatoms. The largest absolute Gasteiger partial charge is 0.355 e. The van der Waals surface area contributed by atoms with Gasteiger partial charge in [-0.3, -0.25) is 9.30 Å². The van der Waals surface area contributed by atoms with Crippen molar-refractivity contribution in [3.8, 4) is 0 Å². The van der Waals surface area contributed by atoms with Crippen LogP contribution in [0, 0.1) is 6.92 Å². The summed E-state index contributed by atoms with van der Waals surface area (Å²) >= 11 is 4.39. The van der Waals surface area contributed by atoms with Crippen molar-refractivity contribution in [2.24, 2.45) is 4.99 Å². The van der Waals surface area contributed by atoms with E-state index in [1.807, 2.05) is 13.0 Å². The van der Waals surface area contributed by atoms with Crippen molar-refractivity contribution in [2.75, 3.05) is 32.1 Å². The van der Waals surface area contributed by atoms with Crippen LogP contribution < -0.4 is 4.31 Å². The van der Waals surface area contributed by atoms with E-state index in [9.17, 15) is 8.42 Å². The number of aromatic amines is 1. The lowest BCUT2D eigenvalue weighted by molar-refractivity contribution is -0.0994. The molecule has 4 rings (SSSR count). The third kappa shape index (κ3) is 3.64. The van der Waals surface area contributed by atoms with E-state index in [1.54, 1.807) is 61.9 Å². The van der Waals surface area contributed by atoms with Gasteiger partial charge in [0.05, 0.1) is 33.4 Å². The molecular formula is C18H21N3O4S4. The second-order valence-electron chi connectivity index (χ2n) is 6.48. The Kier molecular flexibility index (Phi) is 5.79. The molecule has 0 bridgehead atoms. The first-order valence-electron chi connectivity index (χ1n) is 8.78. The van der Waals surface area contributed by atoms with Crippen LogP contribution in [0.5, 0.6) is 0 Å². The van der Waals surface area contributed by atoms with Gasteiger partial charge in [0.1, 0.15) is 9.25 Å². The SMILES string of the molecule is COC(OC)C1CN=C(c2cc3sc(C)c(N(C)S(=O)(=O)c4cccs4)c3[nH]2)S1. The summed E-state index contributed by atoms with van der Waals surface area (Å²) in [5.74, 6) is 0. The minimum Gasteiger partial charge on any atom is -0.355 e. The van der Waals surface area contributed by atoms with E-state index in [1.165, 1.54) is 15.6 Å². The normalized spacial score (nSPS) is 17.4. The van der Waals surface area contributed by atoms with E-state index < -0.39 is 10.0 Å². The van der Waals surface area contributed by atoms with Crippen molar-refractivity contribution < 1.29 is 17.9 Å². The summed E-state index contributed by atoms with van der Waals surface area (Å²) in [6.07, 6.45) is -0.322. The fraction of sp³-hybridized carbons (Fsp3) is 0.389. The Morgan fingerprint density at radius 1 is 1.34 bits per heavy atom. The summed E-state index contributed by atoms with van der Waals surface area (Å²) in [6, 6.07) is 5.40. The molecule has 1 atom stereocenters. The number of aliphatic imine (C=N–C) groups is 1. The standard InChI is InChI=1S/C18H21N3O4S4/c1-10-16(21(2)29(22,23)14-6-5-7-26-14)15-12(27-10)8-11(20-15)17-19-9-13(28-17)18(24-3)25-4/h5-8,13,18,20H,9H2,1-4H3. The van der Waals surface area contributed by atoms with E-state index in [2.05, 4.69) is 9.98 Å². The van der Waals surface area contributed by atoms with Crippen LogP contribution in [-0.4, -0.2) is 57.8 Å². The number of ether oxygens (including phenoxy) is 2. The van der Waals surface area contributed by atoms with Gasteiger partial charge in [0.15, 0.2) is 6.29 Å². The zero-order valence-corrected chi connectivity index (χ0v) is 19.6. The van der Waals surface area contributed by atoms with Crippen LogP contribution in [0.15, 0.2) is 32.8 Å². The fourth-order valence-corrected chi connectivity index (χ4v) is 8.05. The number of sulfonamides is 1. The van der Waals surface area contributed by atoms with Crippen LogP contribution in [0.1, 0.15) is 10.6 Å². The van der Waals surface area contributed by atoms with Gasteiger partial charge in [-0.15, -0.1) is 22.7 Å². The molecule has 1 unspecified atom stereocenters. The molecule has 0 fully saturated rings. The number of nitrogens with one attached hydrogen (secondary N) is 1. The zero-order chi connectivity index (χ0) is 20.8. The Morgan fingerprint density at radius 2 is 2.10 bits per heavy atom. The topological polar surface area (TPSA) is 84.0 Å². The van der Waals surface area contributed by atoms with Crippen LogP contribution in [0.4, 0.5) is 5.69 Å². The summed E-state index contributed by atoms with van der Waals surface area (Å²) < 4.78 is 39.4. The first-order valence-corrected chi connectivity index (χ1v) is 12.8. The van der Waals surface area contributed by atoms with Crippen LogP contribution in [-0.2, 0) is 19.5 Å². The molecule has 0 aromatic carbocycles. The number of nitrogens with zero attached hydrogens (tertiary/aromatic N) is 2. The Morgan fingerprint density at radius 3 is 2.76 bits per heavy atom. The molecular weight excluding hydrogens is 450 g/mol. The number of aryl methyl sites for hydroxylation is 1. The van der Waals surface area contributed by atoms with Crippen molar-refractivity contribution in [1.29, 1.82) is 0 Å². The highest BCUT2D eigenvalue weighted by Crippen LogP contribution is 2.41. The van der Waals surface area contributed by atoms with Crippen molar-refractivity contribution in [1.82, 2.24) is 4.98 Å². The molecule has 156 valence electrons. The monoisotopic (exact) mass is 471 g/mol. The van der Waals surface area contributed by atoms with Gasteiger partial charge in [0, 0.05) is 26.1 Å². The summed E-state index contributed by atoms with van der Waals surface area (Å²) in [6.45, 7) is 2.55. The van der Waals surface area contributed by atoms with Crippen molar-refractivity contribution in [3.05, 3.63) is 34.2 Å². The fourth-order valence-electron chi connectivity index (χ4n) is 3.32. The number of H-pyrrole nitrogens is 1.